The lowest BCUT2D eigenvalue weighted by molar-refractivity contribution is -0.00475. The van der Waals surface area contributed by atoms with Crippen molar-refractivity contribution >= 4 is 5.78 Å². The lowest BCUT2D eigenvalue weighted by Gasteiger charge is -2.40. The second-order valence-electron chi connectivity index (χ2n) is 12.5. The van der Waals surface area contributed by atoms with Crippen LogP contribution in [0.5, 0.6) is 0 Å². The van der Waals surface area contributed by atoms with Gasteiger partial charge in [0.2, 0.25) is 0 Å². The maximum Gasteiger partial charge on any atom is 0.200 e. The summed E-state index contributed by atoms with van der Waals surface area (Å²) in [4.78, 5) is 14.5. The van der Waals surface area contributed by atoms with Gasteiger partial charge in [-0.15, -0.1) is 0 Å². The molecular weight excluding hydrogens is 416 g/mol. The van der Waals surface area contributed by atoms with E-state index in [9.17, 15) is 9.90 Å². The molecule has 3 rings (SSSR count). The molecule has 2 aromatic carbocycles. The minimum absolute atomic E-state index is 0.132. The lowest BCUT2D eigenvalue weighted by Crippen LogP contribution is -2.47. The summed E-state index contributed by atoms with van der Waals surface area (Å²) < 4.78 is 0. The molecule has 0 aliphatic heterocycles. The predicted octanol–water partition coefficient (Wildman–Crippen LogP) is 8.67. The molecule has 2 nitrogen and oxygen atoms in total. The monoisotopic (exact) mass is 462 g/mol. The molecule has 0 saturated heterocycles. The normalized spacial score (nSPS) is 19.9. The molecule has 1 N–H and O–H groups in total. The van der Waals surface area contributed by atoms with Crippen LogP contribution in [-0.2, 0) is 11.0 Å². The average Bonchev–Trinajstić information content (AvgIpc) is 2.89. The third-order valence-corrected chi connectivity index (χ3v) is 8.11. The van der Waals surface area contributed by atoms with Crippen LogP contribution in [-0.4, -0.2) is 10.9 Å². The molecule has 0 radical (unpaired) electrons. The van der Waals surface area contributed by atoms with Crippen molar-refractivity contribution in [3.63, 3.8) is 0 Å². The summed E-state index contributed by atoms with van der Waals surface area (Å²) in [6.07, 6.45) is 0. The van der Waals surface area contributed by atoms with Crippen molar-refractivity contribution in [2.75, 3.05) is 0 Å². The summed E-state index contributed by atoms with van der Waals surface area (Å²) >= 11 is 0. The van der Waals surface area contributed by atoms with E-state index in [1.54, 1.807) is 0 Å². The Hall–Kier alpha value is -1.93. The summed E-state index contributed by atoms with van der Waals surface area (Å²) in [5, 5.41) is 12.8. The van der Waals surface area contributed by atoms with Crippen LogP contribution < -0.4 is 0 Å². The number of hydrogen-bond acceptors (Lipinski definition) is 2. The molecule has 0 aromatic heterocycles. The molecule has 1 unspecified atom stereocenters. The van der Waals surface area contributed by atoms with Crippen molar-refractivity contribution in [3.8, 4) is 0 Å². The highest BCUT2D eigenvalue weighted by Gasteiger charge is 2.61. The molecule has 0 fully saturated rings. The Labute approximate surface area is 208 Å². The Morgan fingerprint density at radius 1 is 0.618 bits per heavy atom. The first-order valence-electron chi connectivity index (χ1n) is 13.2. The Balaban J connectivity index is 2.47. The van der Waals surface area contributed by atoms with Crippen LogP contribution in [0, 0.1) is 0 Å². The Kier molecular flexibility index (Phi) is 7.01. The first kappa shape index (κ1) is 26.7. The highest BCUT2D eigenvalue weighted by molar-refractivity contribution is 6.10. The van der Waals surface area contributed by atoms with E-state index in [0.29, 0.717) is 11.8 Å². The molecule has 1 atom stereocenters. The van der Waals surface area contributed by atoms with Crippen LogP contribution in [0.2, 0.25) is 0 Å². The Morgan fingerprint density at radius 3 is 1.38 bits per heavy atom. The Morgan fingerprint density at radius 2 is 1.00 bits per heavy atom. The van der Waals surface area contributed by atoms with Crippen LogP contribution in [0.4, 0.5) is 0 Å². The number of aliphatic hydroxyl groups is 1. The van der Waals surface area contributed by atoms with Gasteiger partial charge in [0.1, 0.15) is 0 Å². The zero-order valence-electron chi connectivity index (χ0n) is 23.6. The van der Waals surface area contributed by atoms with Gasteiger partial charge in [-0.1, -0.05) is 107 Å². The molecule has 34 heavy (non-hydrogen) atoms. The second-order valence-corrected chi connectivity index (χ2v) is 12.5. The van der Waals surface area contributed by atoms with E-state index < -0.39 is 11.0 Å². The van der Waals surface area contributed by atoms with Crippen LogP contribution >= 0.6 is 0 Å². The smallest absolute Gasteiger partial charge is 0.200 e. The quantitative estimate of drug-likeness (QED) is 0.466. The molecule has 2 heteroatoms. The van der Waals surface area contributed by atoms with Gasteiger partial charge >= 0.3 is 0 Å². The van der Waals surface area contributed by atoms with Gasteiger partial charge in [0.25, 0.3) is 0 Å². The molecule has 186 valence electrons. The van der Waals surface area contributed by atoms with Gasteiger partial charge in [-0.2, -0.15) is 0 Å². The average molecular weight is 463 g/mol. The van der Waals surface area contributed by atoms with Gasteiger partial charge < -0.3 is 5.11 Å². The van der Waals surface area contributed by atoms with E-state index in [2.05, 4.69) is 107 Å². The number of rotatable bonds is 6. The number of hydrogen-bond donors (Lipinski definition) is 1. The Bertz CT molecular complexity index is 1070. The third-order valence-electron chi connectivity index (χ3n) is 8.11. The van der Waals surface area contributed by atoms with Crippen molar-refractivity contribution in [2.45, 2.75) is 124 Å². The van der Waals surface area contributed by atoms with E-state index in [-0.39, 0.29) is 23.5 Å². The van der Waals surface area contributed by atoms with E-state index in [4.69, 9.17) is 0 Å². The molecule has 2 aromatic rings. The van der Waals surface area contributed by atoms with Crippen LogP contribution in [0.1, 0.15) is 162 Å². The van der Waals surface area contributed by atoms with E-state index >= 15 is 0 Å². The van der Waals surface area contributed by atoms with Crippen molar-refractivity contribution in [2.24, 2.45) is 0 Å². The topological polar surface area (TPSA) is 37.3 Å². The lowest BCUT2D eigenvalue weighted by atomic mass is 9.66. The molecular formula is C32H46O2. The number of benzene rings is 2. The standard InChI is InChI=1S/C32H46O2/c1-17(2)22-14-25(20(7)8)29(26(15-22)21(9)10)32(34)30(33)28-24(19(5)6)13-23(18(3)4)16-27(28)31(32,11)12/h13-21,34H,1-12H3. The number of carbonyl (C=O) groups is 1. The fourth-order valence-electron chi connectivity index (χ4n) is 5.68. The fraction of sp³-hybridized carbons (Fsp3) is 0.594. The molecule has 1 aliphatic rings. The highest BCUT2D eigenvalue weighted by atomic mass is 16.3. The van der Waals surface area contributed by atoms with Gasteiger partial charge in [-0.3, -0.25) is 4.79 Å². The second kappa shape index (κ2) is 8.94. The first-order valence-corrected chi connectivity index (χ1v) is 13.2. The molecule has 0 saturated carbocycles. The van der Waals surface area contributed by atoms with Gasteiger partial charge in [-0.05, 0) is 68.5 Å². The largest absolute Gasteiger partial charge is 0.376 e. The van der Waals surface area contributed by atoms with Crippen LogP contribution in [0.15, 0.2) is 24.3 Å². The van der Waals surface area contributed by atoms with Crippen molar-refractivity contribution in [1.82, 2.24) is 0 Å². The predicted molar refractivity (Wildman–Crippen MR) is 145 cm³/mol. The maximum absolute atomic E-state index is 14.5. The molecule has 0 heterocycles. The minimum atomic E-state index is -1.61. The fourth-order valence-corrected chi connectivity index (χ4v) is 5.68. The molecule has 0 spiro atoms. The summed E-state index contributed by atoms with van der Waals surface area (Å²) in [5.41, 5.74) is 5.98. The van der Waals surface area contributed by atoms with Gasteiger partial charge in [0, 0.05) is 11.0 Å². The van der Waals surface area contributed by atoms with Crippen LogP contribution in [0.25, 0.3) is 0 Å². The number of ketones is 1. The summed E-state index contributed by atoms with van der Waals surface area (Å²) in [6, 6.07) is 8.87. The van der Waals surface area contributed by atoms with E-state index in [1.165, 1.54) is 11.1 Å². The summed E-state index contributed by atoms with van der Waals surface area (Å²) in [5.74, 6) is 1.19. The van der Waals surface area contributed by atoms with Crippen molar-refractivity contribution in [3.05, 3.63) is 68.8 Å². The van der Waals surface area contributed by atoms with Gasteiger partial charge in [-0.25, -0.2) is 0 Å². The minimum Gasteiger partial charge on any atom is -0.376 e. The third kappa shape index (κ3) is 3.87. The number of Topliss-reactive ketones (excluding diaryl/α,β-unsaturated/α-hetero) is 1. The molecule has 0 bridgehead atoms. The van der Waals surface area contributed by atoms with Crippen molar-refractivity contribution in [1.29, 1.82) is 0 Å². The zero-order chi connectivity index (χ0) is 25.9. The summed E-state index contributed by atoms with van der Waals surface area (Å²) in [7, 11) is 0. The molecule has 1 aliphatic carbocycles. The highest BCUT2D eigenvalue weighted by Crippen LogP contribution is 2.56. The maximum atomic E-state index is 14.5. The van der Waals surface area contributed by atoms with Crippen molar-refractivity contribution < 1.29 is 9.90 Å². The van der Waals surface area contributed by atoms with Gasteiger partial charge in [0.05, 0.1) is 0 Å². The number of carbonyl (C=O) groups excluding carboxylic acids is 1. The first-order chi connectivity index (χ1) is 15.6. The van der Waals surface area contributed by atoms with Crippen LogP contribution in [0.3, 0.4) is 0 Å². The SMILES string of the molecule is CC(C)c1cc(C(C)C)c(C2(O)C(=O)c3c(C(C)C)cc(C(C)C)cc3C2(C)C)c(C(C)C)c1. The number of fused-ring (bicyclic) bond motifs is 1. The molecule has 0 amide bonds. The zero-order valence-corrected chi connectivity index (χ0v) is 23.6. The van der Waals surface area contributed by atoms with Gasteiger partial charge in [0.15, 0.2) is 11.4 Å². The van der Waals surface area contributed by atoms with E-state index in [1.807, 2.05) is 0 Å². The van der Waals surface area contributed by atoms with E-state index in [0.717, 1.165) is 33.4 Å². The summed E-state index contributed by atoms with van der Waals surface area (Å²) in [6.45, 7) is 25.9.